The Kier molecular flexibility index (Phi) is 4.91. The first-order valence-electron chi connectivity index (χ1n) is 8.16. The van der Waals surface area contributed by atoms with Crippen LogP contribution in [0.4, 0.5) is 8.78 Å². The van der Waals surface area contributed by atoms with Gasteiger partial charge in [-0.05, 0) is 13.0 Å². The highest BCUT2D eigenvalue weighted by Gasteiger charge is 2.42. The number of carbonyl (C=O) groups excluding carboxylic acids is 1. The van der Waals surface area contributed by atoms with Crippen molar-refractivity contribution < 1.29 is 18.7 Å². The first-order chi connectivity index (χ1) is 11.9. The van der Waals surface area contributed by atoms with Crippen LogP contribution < -0.4 is 0 Å². The maximum absolute atomic E-state index is 14.4. The number of nitrogens with zero attached hydrogens (tertiary/aromatic N) is 4. The Balaban J connectivity index is 1.97. The van der Waals surface area contributed by atoms with Crippen molar-refractivity contribution in [1.29, 1.82) is 0 Å². The SMILES string of the molecule is C[C@@H](N1CCC(=O)CC1)[C@](O)(Cn1cncn1)c1ccc(F)cc1F. The Morgan fingerprint density at radius 2 is 2.04 bits per heavy atom. The average Bonchev–Trinajstić information content (AvgIpc) is 3.07. The maximum Gasteiger partial charge on any atom is 0.137 e. The van der Waals surface area contributed by atoms with E-state index in [4.69, 9.17) is 0 Å². The number of likely N-dealkylation sites (tertiary alicyclic amines) is 1. The van der Waals surface area contributed by atoms with Crippen molar-refractivity contribution in [3.63, 3.8) is 0 Å². The standard InChI is InChI=1S/C17H20F2N4O2/c1-12(22-6-4-14(24)5-7-22)17(25,9-23-11-20-10-21-23)15-3-2-13(18)8-16(15)19/h2-3,8,10-12,25H,4-7,9H2,1H3/t12-,17-/m1/s1. The zero-order valence-electron chi connectivity index (χ0n) is 13.9. The molecule has 0 radical (unpaired) electrons. The molecule has 25 heavy (non-hydrogen) atoms. The summed E-state index contributed by atoms with van der Waals surface area (Å²) in [6.45, 7) is 2.71. The topological polar surface area (TPSA) is 71.2 Å². The van der Waals surface area contributed by atoms with Crippen molar-refractivity contribution >= 4 is 5.78 Å². The van der Waals surface area contributed by atoms with Gasteiger partial charge in [-0.2, -0.15) is 5.10 Å². The van der Waals surface area contributed by atoms with Crippen LogP contribution in [0.2, 0.25) is 0 Å². The van der Waals surface area contributed by atoms with Gasteiger partial charge in [0.25, 0.3) is 0 Å². The van der Waals surface area contributed by atoms with Gasteiger partial charge in [0.15, 0.2) is 0 Å². The zero-order chi connectivity index (χ0) is 18.0. The molecule has 0 amide bonds. The smallest absolute Gasteiger partial charge is 0.137 e. The molecule has 1 aliphatic heterocycles. The number of Topliss-reactive ketones (excluding diaryl/α,β-unsaturated/α-hetero) is 1. The quantitative estimate of drug-likeness (QED) is 0.885. The minimum Gasteiger partial charge on any atom is -0.381 e. The number of ketones is 1. The average molecular weight is 350 g/mol. The van der Waals surface area contributed by atoms with Gasteiger partial charge in [0.05, 0.1) is 6.54 Å². The molecule has 1 fully saturated rings. The first kappa shape index (κ1) is 17.6. The summed E-state index contributed by atoms with van der Waals surface area (Å²) >= 11 is 0. The van der Waals surface area contributed by atoms with Crippen LogP contribution in [0.1, 0.15) is 25.3 Å². The molecule has 0 bridgehead atoms. The van der Waals surface area contributed by atoms with Gasteiger partial charge >= 0.3 is 0 Å². The summed E-state index contributed by atoms with van der Waals surface area (Å²) in [5.74, 6) is -1.35. The molecule has 1 saturated heterocycles. The number of rotatable bonds is 5. The number of hydrogen-bond donors (Lipinski definition) is 1. The van der Waals surface area contributed by atoms with Crippen molar-refractivity contribution in [3.05, 3.63) is 48.1 Å². The van der Waals surface area contributed by atoms with Crippen LogP contribution in [0.25, 0.3) is 0 Å². The largest absolute Gasteiger partial charge is 0.381 e. The lowest BCUT2D eigenvalue weighted by Crippen LogP contribution is -2.54. The molecule has 0 spiro atoms. The molecule has 0 unspecified atom stereocenters. The highest BCUT2D eigenvalue weighted by atomic mass is 19.1. The van der Waals surface area contributed by atoms with Gasteiger partial charge < -0.3 is 5.11 Å². The number of halogens is 2. The highest BCUT2D eigenvalue weighted by molar-refractivity contribution is 5.79. The van der Waals surface area contributed by atoms with E-state index in [2.05, 4.69) is 10.1 Å². The van der Waals surface area contributed by atoms with Crippen molar-refractivity contribution in [2.24, 2.45) is 0 Å². The van der Waals surface area contributed by atoms with E-state index in [1.165, 1.54) is 23.4 Å². The molecule has 3 rings (SSSR count). The number of carbonyl (C=O) groups is 1. The van der Waals surface area contributed by atoms with Crippen molar-refractivity contribution in [1.82, 2.24) is 19.7 Å². The fourth-order valence-electron chi connectivity index (χ4n) is 3.31. The van der Waals surface area contributed by atoms with Crippen LogP contribution in [0, 0.1) is 11.6 Å². The minimum atomic E-state index is -1.66. The van der Waals surface area contributed by atoms with Gasteiger partial charge in [0.1, 0.15) is 35.7 Å². The molecule has 0 aliphatic carbocycles. The molecule has 2 atom stereocenters. The molecule has 1 aliphatic rings. The van der Waals surface area contributed by atoms with E-state index >= 15 is 0 Å². The van der Waals surface area contributed by atoms with Crippen LogP contribution in [0.5, 0.6) is 0 Å². The lowest BCUT2D eigenvalue weighted by Gasteiger charge is -2.42. The normalized spacial score (nSPS) is 19.6. The molecular formula is C17H20F2N4O2. The van der Waals surface area contributed by atoms with E-state index in [1.54, 1.807) is 6.92 Å². The Labute approximate surface area is 144 Å². The van der Waals surface area contributed by atoms with Gasteiger partial charge in [-0.15, -0.1) is 0 Å². The zero-order valence-corrected chi connectivity index (χ0v) is 13.9. The number of piperidine rings is 1. The molecule has 0 saturated carbocycles. The number of aromatic nitrogens is 3. The van der Waals surface area contributed by atoms with E-state index < -0.39 is 23.3 Å². The summed E-state index contributed by atoms with van der Waals surface area (Å²) in [5.41, 5.74) is -1.67. The fraction of sp³-hybridized carbons (Fsp3) is 0.471. The highest BCUT2D eigenvalue weighted by Crippen LogP contribution is 2.33. The predicted octanol–water partition coefficient (Wildman–Crippen LogP) is 1.50. The molecule has 2 aromatic rings. The van der Waals surface area contributed by atoms with Crippen molar-refractivity contribution in [2.75, 3.05) is 13.1 Å². The van der Waals surface area contributed by atoms with Crippen LogP contribution in [0.15, 0.2) is 30.9 Å². The van der Waals surface area contributed by atoms with E-state index in [9.17, 15) is 18.7 Å². The summed E-state index contributed by atoms with van der Waals surface area (Å²) < 4.78 is 29.2. The first-order valence-corrected chi connectivity index (χ1v) is 8.16. The van der Waals surface area contributed by atoms with Crippen LogP contribution in [-0.4, -0.2) is 49.7 Å². The predicted molar refractivity (Wildman–Crippen MR) is 85.6 cm³/mol. The summed E-state index contributed by atoms with van der Waals surface area (Å²) in [4.78, 5) is 17.3. The van der Waals surface area contributed by atoms with Gasteiger partial charge in [-0.25, -0.2) is 18.4 Å². The number of aliphatic hydroxyl groups is 1. The van der Waals surface area contributed by atoms with Gasteiger partial charge in [-0.3, -0.25) is 9.69 Å². The second kappa shape index (κ2) is 6.97. The molecular weight excluding hydrogens is 330 g/mol. The lowest BCUT2D eigenvalue weighted by atomic mass is 9.84. The van der Waals surface area contributed by atoms with Gasteiger partial charge in [-0.1, -0.05) is 6.07 Å². The fourth-order valence-corrected chi connectivity index (χ4v) is 3.31. The molecule has 1 aromatic heterocycles. The van der Waals surface area contributed by atoms with Crippen molar-refractivity contribution in [2.45, 2.75) is 38.0 Å². The monoisotopic (exact) mass is 350 g/mol. The van der Waals surface area contributed by atoms with E-state index in [0.29, 0.717) is 25.9 Å². The summed E-state index contributed by atoms with van der Waals surface area (Å²) in [6, 6.07) is 2.63. The summed E-state index contributed by atoms with van der Waals surface area (Å²) in [5, 5.41) is 15.4. The molecule has 2 heterocycles. The molecule has 8 heteroatoms. The maximum atomic E-state index is 14.4. The molecule has 6 nitrogen and oxygen atoms in total. The molecule has 134 valence electrons. The van der Waals surface area contributed by atoms with Crippen molar-refractivity contribution in [3.8, 4) is 0 Å². The van der Waals surface area contributed by atoms with E-state index in [1.807, 2.05) is 4.90 Å². The number of hydrogen-bond acceptors (Lipinski definition) is 5. The van der Waals surface area contributed by atoms with Gasteiger partial charge in [0.2, 0.25) is 0 Å². The Hall–Kier alpha value is -2.19. The number of benzene rings is 1. The second-order valence-corrected chi connectivity index (χ2v) is 6.39. The van der Waals surface area contributed by atoms with Crippen LogP contribution >= 0.6 is 0 Å². The second-order valence-electron chi connectivity index (χ2n) is 6.39. The van der Waals surface area contributed by atoms with Crippen LogP contribution in [-0.2, 0) is 16.9 Å². The third-order valence-electron chi connectivity index (χ3n) is 4.86. The Bertz CT molecular complexity index is 743. The lowest BCUT2D eigenvalue weighted by molar-refractivity contribution is -0.124. The Morgan fingerprint density at radius 1 is 1.32 bits per heavy atom. The Morgan fingerprint density at radius 3 is 2.64 bits per heavy atom. The molecule has 1 N–H and O–H groups in total. The van der Waals surface area contributed by atoms with E-state index in [-0.39, 0.29) is 17.9 Å². The van der Waals surface area contributed by atoms with Crippen LogP contribution in [0.3, 0.4) is 0 Å². The van der Waals surface area contributed by atoms with Gasteiger partial charge in [0, 0.05) is 43.6 Å². The third-order valence-corrected chi connectivity index (χ3v) is 4.86. The third kappa shape index (κ3) is 3.59. The molecule has 1 aromatic carbocycles. The summed E-state index contributed by atoms with van der Waals surface area (Å²) in [7, 11) is 0. The summed E-state index contributed by atoms with van der Waals surface area (Å²) in [6.07, 6.45) is 3.55. The van der Waals surface area contributed by atoms with E-state index in [0.717, 1.165) is 12.1 Å². The minimum absolute atomic E-state index is 0.00574.